The minimum Gasteiger partial charge on any atom is -0.353 e. The molecule has 5 nitrogen and oxygen atoms in total. The number of nitrogens with zero attached hydrogens (tertiary/aromatic N) is 1. The van der Waals surface area contributed by atoms with Crippen LogP contribution < -0.4 is 0 Å². The molecule has 2 aliphatic rings. The van der Waals surface area contributed by atoms with Crippen LogP contribution in [0.25, 0.3) is 10.9 Å². The summed E-state index contributed by atoms with van der Waals surface area (Å²) in [5.74, 6) is 0.630. The Hall–Kier alpha value is -0.920. The second-order valence-electron chi connectivity index (χ2n) is 8.14. The van der Waals surface area contributed by atoms with Crippen LogP contribution in [0.4, 0.5) is 0 Å². The maximum absolute atomic E-state index is 6.03. The van der Waals surface area contributed by atoms with Crippen LogP contribution in [0.3, 0.4) is 0 Å². The Bertz CT molecular complexity index is 794. The highest BCUT2D eigenvalue weighted by Gasteiger charge is 2.25. The molecule has 4 rings (SSSR count). The van der Waals surface area contributed by atoms with Crippen molar-refractivity contribution in [3.05, 3.63) is 33.9 Å². The molecule has 6 heteroatoms. The van der Waals surface area contributed by atoms with Gasteiger partial charge in [-0.1, -0.05) is 31.4 Å². The van der Waals surface area contributed by atoms with Gasteiger partial charge in [-0.05, 0) is 71.1 Å². The molecule has 0 bridgehead atoms. The molecule has 1 saturated heterocycles. The lowest BCUT2D eigenvalue weighted by Crippen LogP contribution is -2.24. The van der Waals surface area contributed by atoms with Crippen molar-refractivity contribution in [2.45, 2.75) is 76.7 Å². The van der Waals surface area contributed by atoms with Gasteiger partial charge in [-0.3, -0.25) is 0 Å². The van der Waals surface area contributed by atoms with Gasteiger partial charge in [0.25, 0.3) is 0 Å². The Balaban J connectivity index is 1.59. The van der Waals surface area contributed by atoms with Gasteiger partial charge in [0.2, 0.25) is 0 Å². The van der Waals surface area contributed by atoms with E-state index in [-0.39, 0.29) is 6.29 Å². The van der Waals surface area contributed by atoms with Crippen LogP contribution >= 0.6 is 15.9 Å². The fraction of sp³-hybridized carbons (Fsp3) is 0.652. The van der Waals surface area contributed by atoms with Gasteiger partial charge in [0.05, 0.1) is 18.3 Å². The van der Waals surface area contributed by atoms with E-state index in [1.165, 1.54) is 59.6 Å². The summed E-state index contributed by atoms with van der Waals surface area (Å²) >= 11 is 3.95. The first kappa shape index (κ1) is 21.3. The van der Waals surface area contributed by atoms with Crippen LogP contribution in [-0.4, -0.2) is 31.2 Å². The first-order valence-corrected chi connectivity index (χ1v) is 11.8. The van der Waals surface area contributed by atoms with Gasteiger partial charge >= 0.3 is 0 Å². The minimum atomic E-state index is -0.0483. The second-order valence-corrected chi connectivity index (χ2v) is 8.89. The lowest BCUT2D eigenvalue weighted by molar-refractivity contribution is -0.282. The van der Waals surface area contributed by atoms with E-state index in [1.54, 1.807) is 7.11 Å². The molecular formula is C23H32BrNO4. The molecule has 0 amide bonds. The largest absolute Gasteiger partial charge is 0.353 e. The van der Waals surface area contributed by atoms with Crippen LogP contribution in [0.1, 0.15) is 68.4 Å². The molecule has 2 aromatic rings. The molecule has 2 fully saturated rings. The number of halogens is 1. The number of ether oxygens (including phenoxy) is 2. The van der Waals surface area contributed by atoms with Crippen molar-refractivity contribution in [3.8, 4) is 0 Å². The lowest BCUT2D eigenvalue weighted by atomic mass is 9.84. The summed E-state index contributed by atoms with van der Waals surface area (Å²) < 4.78 is 15.3. The van der Waals surface area contributed by atoms with E-state index in [2.05, 4.69) is 38.7 Å². The zero-order valence-electron chi connectivity index (χ0n) is 17.3. The van der Waals surface area contributed by atoms with Gasteiger partial charge in [0.15, 0.2) is 6.29 Å². The van der Waals surface area contributed by atoms with E-state index in [9.17, 15) is 0 Å². The van der Waals surface area contributed by atoms with Gasteiger partial charge < -0.3 is 14.0 Å². The molecule has 0 spiro atoms. The summed E-state index contributed by atoms with van der Waals surface area (Å²) in [5, 5.41) is 1.35. The quantitative estimate of drug-likeness (QED) is 0.350. The van der Waals surface area contributed by atoms with Crippen molar-refractivity contribution in [2.75, 3.05) is 20.3 Å². The Morgan fingerprint density at radius 3 is 2.69 bits per heavy atom. The number of aromatic nitrogens is 1. The Morgan fingerprint density at radius 2 is 1.93 bits per heavy atom. The van der Waals surface area contributed by atoms with Crippen molar-refractivity contribution >= 4 is 26.8 Å². The fourth-order valence-corrected chi connectivity index (χ4v) is 5.63. The first-order valence-electron chi connectivity index (χ1n) is 11.0. The maximum atomic E-state index is 6.03. The molecule has 0 radical (unpaired) electrons. The molecule has 29 heavy (non-hydrogen) atoms. The van der Waals surface area contributed by atoms with E-state index in [0.717, 1.165) is 31.6 Å². The van der Waals surface area contributed by atoms with Crippen molar-refractivity contribution < 1.29 is 19.2 Å². The highest BCUT2D eigenvalue weighted by atomic mass is 79.9. The molecule has 1 saturated carbocycles. The van der Waals surface area contributed by atoms with Crippen LogP contribution in [-0.2, 0) is 32.4 Å². The predicted octanol–water partition coefficient (Wildman–Crippen LogP) is 6.07. The molecule has 1 unspecified atom stereocenters. The van der Waals surface area contributed by atoms with Gasteiger partial charge in [0.1, 0.15) is 6.61 Å². The van der Waals surface area contributed by atoms with E-state index < -0.39 is 0 Å². The summed E-state index contributed by atoms with van der Waals surface area (Å²) in [6, 6.07) is 6.62. The lowest BCUT2D eigenvalue weighted by Gasteiger charge is -2.23. The summed E-state index contributed by atoms with van der Waals surface area (Å²) in [7, 11) is 1.55. The summed E-state index contributed by atoms with van der Waals surface area (Å²) in [5.41, 5.74) is 3.81. The van der Waals surface area contributed by atoms with Gasteiger partial charge in [-0.15, -0.1) is 0 Å². The number of hydrogen-bond acceptors (Lipinski definition) is 4. The summed E-state index contributed by atoms with van der Waals surface area (Å²) in [6.07, 6.45) is 9.85. The van der Waals surface area contributed by atoms with Crippen molar-refractivity contribution in [2.24, 2.45) is 0 Å². The van der Waals surface area contributed by atoms with Crippen molar-refractivity contribution in [1.29, 1.82) is 0 Å². The zero-order chi connectivity index (χ0) is 20.1. The van der Waals surface area contributed by atoms with Crippen molar-refractivity contribution in [3.63, 3.8) is 0 Å². The highest BCUT2D eigenvalue weighted by molar-refractivity contribution is 9.10. The molecule has 1 atom stereocenters. The highest BCUT2D eigenvalue weighted by Crippen LogP contribution is 2.42. The molecule has 160 valence electrons. The molecule has 1 aromatic heterocycles. The molecule has 1 aliphatic carbocycles. The number of benzene rings is 1. The third-order valence-corrected chi connectivity index (χ3v) is 7.07. The minimum absolute atomic E-state index is 0.0483. The van der Waals surface area contributed by atoms with E-state index in [0.29, 0.717) is 19.1 Å². The predicted molar refractivity (Wildman–Crippen MR) is 117 cm³/mol. The van der Waals surface area contributed by atoms with Gasteiger partial charge in [-0.2, -0.15) is 0 Å². The normalized spacial score (nSPS) is 21.1. The standard InChI is InChI=1S/C23H32BrNO4/c1-26-29-16-17-10-11-19-20(15-17)25(12-14-28-21-9-5-6-13-27-21)23(24)22(19)18-7-3-2-4-8-18/h10-11,15,18,21H,2-9,12-14,16H2,1H3. The van der Waals surface area contributed by atoms with Crippen LogP contribution in [0, 0.1) is 0 Å². The van der Waals surface area contributed by atoms with E-state index in [4.69, 9.17) is 19.2 Å². The zero-order valence-corrected chi connectivity index (χ0v) is 18.9. The molecular weight excluding hydrogens is 434 g/mol. The molecule has 1 aromatic carbocycles. The SMILES string of the molecule is COOCc1ccc2c(C3CCCCC3)c(Br)n(CCOC3CCCCO3)c2c1. The number of fused-ring (bicyclic) bond motifs is 1. The topological polar surface area (TPSA) is 41.9 Å². The Morgan fingerprint density at radius 1 is 1.10 bits per heavy atom. The summed E-state index contributed by atoms with van der Waals surface area (Å²) in [4.78, 5) is 9.95. The molecule has 0 N–H and O–H groups in total. The van der Waals surface area contributed by atoms with Crippen molar-refractivity contribution in [1.82, 2.24) is 4.57 Å². The summed E-state index contributed by atoms with van der Waals surface area (Å²) in [6.45, 7) is 2.71. The van der Waals surface area contributed by atoms with Crippen LogP contribution in [0.5, 0.6) is 0 Å². The van der Waals surface area contributed by atoms with E-state index >= 15 is 0 Å². The third kappa shape index (κ3) is 5.05. The third-order valence-electron chi connectivity index (χ3n) is 6.22. The Labute approximate surface area is 181 Å². The number of hydrogen-bond donors (Lipinski definition) is 0. The second kappa shape index (κ2) is 10.4. The van der Waals surface area contributed by atoms with Crippen LogP contribution in [0.2, 0.25) is 0 Å². The maximum Gasteiger partial charge on any atom is 0.157 e. The smallest absolute Gasteiger partial charge is 0.157 e. The van der Waals surface area contributed by atoms with Crippen LogP contribution in [0.15, 0.2) is 22.8 Å². The number of rotatable bonds is 8. The molecule has 2 heterocycles. The molecule has 1 aliphatic heterocycles. The Kier molecular flexibility index (Phi) is 7.65. The average molecular weight is 466 g/mol. The first-order chi connectivity index (χ1) is 14.3. The van der Waals surface area contributed by atoms with Gasteiger partial charge in [-0.25, -0.2) is 9.78 Å². The average Bonchev–Trinajstić information content (AvgIpc) is 3.04. The fourth-order valence-electron chi connectivity index (χ4n) is 4.72. The monoisotopic (exact) mass is 465 g/mol. The van der Waals surface area contributed by atoms with E-state index in [1.807, 2.05) is 0 Å². The van der Waals surface area contributed by atoms with Gasteiger partial charge in [0, 0.05) is 24.1 Å².